The predicted molar refractivity (Wildman–Crippen MR) is 84.9 cm³/mol. The van der Waals surface area contributed by atoms with Crippen LogP contribution in [-0.2, 0) is 9.47 Å². The summed E-state index contributed by atoms with van der Waals surface area (Å²) in [5.41, 5.74) is 2.22. The molecule has 0 fully saturated rings. The molecule has 0 N–H and O–H groups in total. The second kappa shape index (κ2) is 7.78. The van der Waals surface area contributed by atoms with Gasteiger partial charge in [-0.25, -0.2) is 0 Å². The van der Waals surface area contributed by atoms with E-state index in [0.717, 1.165) is 11.1 Å². The van der Waals surface area contributed by atoms with Crippen molar-refractivity contribution in [2.24, 2.45) is 0 Å². The molecule has 0 saturated heterocycles. The Bertz CT molecular complexity index is 486. The van der Waals surface area contributed by atoms with Crippen LogP contribution in [0.15, 0.2) is 60.7 Å². The van der Waals surface area contributed by atoms with Gasteiger partial charge in [-0.2, -0.15) is 0 Å². The second-order valence-electron chi connectivity index (χ2n) is 4.32. The van der Waals surface area contributed by atoms with E-state index in [2.05, 4.69) is 24.3 Å². The Kier molecular flexibility index (Phi) is 5.71. The van der Waals surface area contributed by atoms with Gasteiger partial charge in [0, 0.05) is 0 Å². The maximum Gasteiger partial charge on any atom is 0.185 e. The number of benzene rings is 2. The van der Waals surface area contributed by atoms with Crippen molar-refractivity contribution in [3.63, 3.8) is 0 Å². The van der Waals surface area contributed by atoms with Gasteiger partial charge in [0.05, 0.1) is 6.61 Å². The molecule has 0 atom stereocenters. The van der Waals surface area contributed by atoms with Crippen molar-refractivity contribution >= 4 is 17.3 Å². The van der Waals surface area contributed by atoms with E-state index in [9.17, 15) is 0 Å². The van der Waals surface area contributed by atoms with Gasteiger partial charge in [-0.3, -0.25) is 0 Å². The average molecular weight is 286 g/mol. The molecule has 2 nitrogen and oxygen atoms in total. The molecule has 20 heavy (non-hydrogen) atoms. The molecule has 0 heterocycles. The second-order valence-corrected chi connectivity index (χ2v) is 4.77. The average Bonchev–Trinajstić information content (AvgIpc) is 2.50. The zero-order chi connectivity index (χ0) is 14.2. The Morgan fingerprint density at radius 3 is 1.90 bits per heavy atom. The molecule has 0 aliphatic carbocycles. The maximum atomic E-state index is 5.96. The summed E-state index contributed by atoms with van der Waals surface area (Å²) in [6.45, 7) is 2.80. The van der Waals surface area contributed by atoms with Gasteiger partial charge in [0.1, 0.15) is 12.7 Å². The van der Waals surface area contributed by atoms with Crippen molar-refractivity contribution in [1.82, 2.24) is 0 Å². The van der Waals surface area contributed by atoms with Crippen LogP contribution in [0.4, 0.5) is 0 Å². The van der Waals surface area contributed by atoms with Crippen LogP contribution in [0.1, 0.15) is 24.2 Å². The van der Waals surface area contributed by atoms with Crippen molar-refractivity contribution < 1.29 is 9.47 Å². The molecular formula is C17H18O2S. The van der Waals surface area contributed by atoms with Crippen LogP contribution in [0.5, 0.6) is 0 Å². The maximum absolute atomic E-state index is 5.96. The summed E-state index contributed by atoms with van der Waals surface area (Å²) < 4.78 is 11.2. The smallest absolute Gasteiger partial charge is 0.185 e. The lowest BCUT2D eigenvalue weighted by molar-refractivity contribution is 0.101. The third-order valence-corrected chi connectivity index (χ3v) is 3.11. The van der Waals surface area contributed by atoms with E-state index in [0.29, 0.717) is 18.3 Å². The monoisotopic (exact) mass is 286 g/mol. The van der Waals surface area contributed by atoms with Gasteiger partial charge in [-0.05, 0) is 30.3 Å². The minimum atomic E-state index is -0.129. The highest BCUT2D eigenvalue weighted by atomic mass is 32.1. The van der Waals surface area contributed by atoms with Crippen LogP contribution in [0, 0.1) is 0 Å². The van der Waals surface area contributed by atoms with Crippen LogP contribution < -0.4 is 0 Å². The molecule has 2 rings (SSSR count). The molecule has 0 aliphatic heterocycles. The fourth-order valence-electron chi connectivity index (χ4n) is 1.99. The Balaban J connectivity index is 2.15. The van der Waals surface area contributed by atoms with Crippen molar-refractivity contribution in [2.45, 2.75) is 13.0 Å². The van der Waals surface area contributed by atoms with E-state index >= 15 is 0 Å². The molecular weight excluding hydrogens is 268 g/mol. The standard InChI is InChI=1S/C17H18O2S/c1-2-18-16(20)13-19-17(14-9-5-3-6-10-14)15-11-7-4-8-12-15/h3-12,17H,2,13H2,1H3. The minimum absolute atomic E-state index is 0.129. The predicted octanol–water partition coefficient (Wildman–Crippen LogP) is 4.16. The first-order valence-corrected chi connectivity index (χ1v) is 7.09. The molecule has 0 unspecified atom stereocenters. The molecule has 0 saturated carbocycles. The summed E-state index contributed by atoms with van der Waals surface area (Å²) in [7, 11) is 0. The fraction of sp³-hybridized carbons (Fsp3) is 0.235. The zero-order valence-corrected chi connectivity index (χ0v) is 12.3. The van der Waals surface area contributed by atoms with Gasteiger partial charge in [-0.15, -0.1) is 0 Å². The summed E-state index contributed by atoms with van der Waals surface area (Å²) in [6, 6.07) is 20.3. The molecule has 104 valence electrons. The summed E-state index contributed by atoms with van der Waals surface area (Å²) in [6.07, 6.45) is -0.129. The quantitative estimate of drug-likeness (QED) is 0.743. The number of hydrogen-bond acceptors (Lipinski definition) is 3. The van der Waals surface area contributed by atoms with Gasteiger partial charge >= 0.3 is 0 Å². The molecule has 2 aromatic carbocycles. The molecule has 0 aromatic heterocycles. The largest absolute Gasteiger partial charge is 0.485 e. The van der Waals surface area contributed by atoms with Crippen LogP contribution in [-0.4, -0.2) is 18.3 Å². The van der Waals surface area contributed by atoms with Crippen LogP contribution in [0.25, 0.3) is 0 Å². The molecule has 2 aromatic rings. The van der Waals surface area contributed by atoms with Crippen LogP contribution >= 0.6 is 12.2 Å². The summed E-state index contributed by atoms with van der Waals surface area (Å²) in [5, 5.41) is 0.490. The fourth-order valence-corrected chi connectivity index (χ4v) is 2.18. The zero-order valence-electron chi connectivity index (χ0n) is 11.5. The van der Waals surface area contributed by atoms with Crippen molar-refractivity contribution in [1.29, 1.82) is 0 Å². The lowest BCUT2D eigenvalue weighted by Gasteiger charge is -2.19. The van der Waals surface area contributed by atoms with Gasteiger partial charge < -0.3 is 9.47 Å². The highest BCUT2D eigenvalue weighted by Crippen LogP contribution is 2.25. The highest BCUT2D eigenvalue weighted by molar-refractivity contribution is 7.80. The first-order valence-electron chi connectivity index (χ1n) is 6.68. The molecule has 0 bridgehead atoms. The molecule has 0 amide bonds. The number of thiocarbonyl (C=S) groups is 1. The first-order chi connectivity index (χ1) is 9.81. The van der Waals surface area contributed by atoms with E-state index in [4.69, 9.17) is 21.7 Å². The molecule has 0 radical (unpaired) electrons. The van der Waals surface area contributed by atoms with Crippen LogP contribution in [0.2, 0.25) is 0 Å². The van der Waals surface area contributed by atoms with Gasteiger partial charge in [0.2, 0.25) is 0 Å². The summed E-state index contributed by atoms with van der Waals surface area (Å²) >= 11 is 5.12. The van der Waals surface area contributed by atoms with Crippen molar-refractivity contribution in [3.8, 4) is 0 Å². The van der Waals surface area contributed by atoms with Crippen LogP contribution in [0.3, 0.4) is 0 Å². The van der Waals surface area contributed by atoms with Crippen molar-refractivity contribution in [2.75, 3.05) is 13.2 Å². The van der Waals surface area contributed by atoms with E-state index in [1.54, 1.807) is 0 Å². The van der Waals surface area contributed by atoms with Gasteiger partial charge in [0.25, 0.3) is 0 Å². The third-order valence-electron chi connectivity index (χ3n) is 2.88. The lowest BCUT2D eigenvalue weighted by atomic mass is 10.0. The van der Waals surface area contributed by atoms with Gasteiger partial charge in [-0.1, -0.05) is 60.7 Å². The number of hydrogen-bond donors (Lipinski definition) is 0. The molecule has 0 aliphatic rings. The highest BCUT2D eigenvalue weighted by Gasteiger charge is 2.15. The molecule has 0 spiro atoms. The van der Waals surface area contributed by atoms with E-state index < -0.39 is 0 Å². The van der Waals surface area contributed by atoms with E-state index in [1.807, 2.05) is 43.3 Å². The van der Waals surface area contributed by atoms with E-state index in [1.165, 1.54) is 0 Å². The third kappa shape index (κ3) is 4.15. The number of ether oxygens (including phenoxy) is 2. The Morgan fingerprint density at radius 1 is 0.950 bits per heavy atom. The summed E-state index contributed by atoms with van der Waals surface area (Å²) in [5.74, 6) is 0. The Labute approximate surface area is 125 Å². The Hall–Kier alpha value is -1.71. The van der Waals surface area contributed by atoms with E-state index in [-0.39, 0.29) is 6.10 Å². The minimum Gasteiger partial charge on any atom is -0.485 e. The molecule has 3 heteroatoms. The van der Waals surface area contributed by atoms with Gasteiger partial charge in [0.15, 0.2) is 5.05 Å². The van der Waals surface area contributed by atoms with Crippen molar-refractivity contribution in [3.05, 3.63) is 71.8 Å². The lowest BCUT2D eigenvalue weighted by Crippen LogP contribution is -2.14. The topological polar surface area (TPSA) is 18.5 Å². The Morgan fingerprint density at radius 2 is 1.45 bits per heavy atom. The number of rotatable bonds is 6. The normalized spacial score (nSPS) is 10.5. The summed E-state index contributed by atoms with van der Waals surface area (Å²) in [4.78, 5) is 0. The first kappa shape index (κ1) is 14.7. The SMILES string of the molecule is CCOC(=S)COC(c1ccccc1)c1ccccc1.